The third-order valence-electron chi connectivity index (χ3n) is 1.10. The lowest BCUT2D eigenvalue weighted by atomic mass is 10.4. The predicted octanol–water partition coefficient (Wildman–Crippen LogP) is 1.34. The van der Waals surface area contributed by atoms with Crippen molar-refractivity contribution >= 4 is 0 Å². The lowest BCUT2D eigenvalue weighted by Crippen LogP contribution is -2.07. The average molecular weight is 173 g/mol. The van der Waals surface area contributed by atoms with E-state index in [1.807, 2.05) is 6.07 Å². The molecule has 1 heterocycles. The summed E-state index contributed by atoms with van der Waals surface area (Å²) in [6.45, 7) is 0.0204. The minimum atomic E-state index is -4.44. The summed E-state index contributed by atoms with van der Waals surface area (Å²) in [6.07, 6.45) is 1.50. The summed E-state index contributed by atoms with van der Waals surface area (Å²) in [5.74, 6) is 2.16. The monoisotopic (exact) mass is 173 g/mol. The standard InChI is InChI=1S/C7H4F3N2/c1-2-4-12-5-3-6(11-12)7(8,9)10/h1,5H,4H2. The molecule has 0 aromatic carbocycles. The van der Waals surface area contributed by atoms with Gasteiger partial charge in [-0.3, -0.25) is 4.68 Å². The number of halogens is 3. The summed E-state index contributed by atoms with van der Waals surface area (Å²) in [5.41, 5.74) is -1.04. The molecule has 0 amide bonds. The van der Waals surface area contributed by atoms with Crippen LogP contribution in [0.4, 0.5) is 13.2 Å². The number of hydrogen-bond donors (Lipinski definition) is 0. The third kappa shape index (κ3) is 1.78. The van der Waals surface area contributed by atoms with Crippen molar-refractivity contribution in [2.24, 2.45) is 0 Å². The van der Waals surface area contributed by atoms with Crippen LogP contribution in [-0.2, 0) is 12.7 Å². The van der Waals surface area contributed by atoms with Gasteiger partial charge in [0, 0.05) is 12.3 Å². The van der Waals surface area contributed by atoms with E-state index >= 15 is 0 Å². The predicted molar refractivity (Wildman–Crippen MR) is 34.9 cm³/mol. The smallest absolute Gasteiger partial charge is 0.260 e. The van der Waals surface area contributed by atoms with E-state index in [4.69, 9.17) is 6.42 Å². The molecule has 1 rings (SSSR count). The molecule has 0 unspecified atom stereocenters. The summed E-state index contributed by atoms with van der Waals surface area (Å²) in [6, 6.07) is 1.96. The maximum Gasteiger partial charge on any atom is 0.435 e. The van der Waals surface area contributed by atoms with E-state index in [-0.39, 0.29) is 6.54 Å². The molecule has 0 saturated carbocycles. The third-order valence-corrected chi connectivity index (χ3v) is 1.10. The van der Waals surface area contributed by atoms with Crippen molar-refractivity contribution in [1.82, 2.24) is 9.78 Å². The molecule has 0 saturated heterocycles. The highest BCUT2D eigenvalue weighted by Gasteiger charge is 2.33. The molecule has 0 aliphatic rings. The van der Waals surface area contributed by atoms with Crippen LogP contribution in [0.15, 0.2) is 6.20 Å². The van der Waals surface area contributed by atoms with Gasteiger partial charge in [0.05, 0.1) is 0 Å². The molecular weight excluding hydrogens is 169 g/mol. The fourth-order valence-electron chi connectivity index (χ4n) is 0.635. The van der Waals surface area contributed by atoms with Gasteiger partial charge in [0.2, 0.25) is 0 Å². The first kappa shape index (κ1) is 8.65. The molecule has 0 atom stereocenters. The normalized spacial score (nSPS) is 11.2. The number of alkyl halides is 3. The molecule has 0 aliphatic heterocycles. The number of terminal acetylenes is 1. The van der Waals surface area contributed by atoms with Gasteiger partial charge >= 0.3 is 6.18 Å². The Kier molecular flexibility index (Phi) is 2.09. The molecule has 1 aromatic heterocycles. The van der Waals surface area contributed by atoms with Gasteiger partial charge in [-0.05, 0) is 0 Å². The molecule has 0 spiro atoms. The fraction of sp³-hybridized carbons (Fsp3) is 0.286. The van der Waals surface area contributed by atoms with E-state index in [9.17, 15) is 13.2 Å². The molecule has 5 heteroatoms. The van der Waals surface area contributed by atoms with Crippen molar-refractivity contribution in [3.05, 3.63) is 18.0 Å². The summed E-state index contributed by atoms with van der Waals surface area (Å²) < 4.78 is 36.7. The Morgan fingerprint density at radius 3 is 2.75 bits per heavy atom. The van der Waals surface area contributed by atoms with Crippen molar-refractivity contribution < 1.29 is 13.2 Å². The van der Waals surface area contributed by atoms with Crippen LogP contribution in [0.3, 0.4) is 0 Å². The van der Waals surface area contributed by atoms with Crippen molar-refractivity contribution in [3.8, 4) is 12.3 Å². The first-order valence-corrected chi connectivity index (χ1v) is 3.00. The molecule has 0 fully saturated rings. The van der Waals surface area contributed by atoms with Gasteiger partial charge < -0.3 is 0 Å². The average Bonchev–Trinajstić information content (AvgIpc) is 2.35. The largest absolute Gasteiger partial charge is 0.435 e. The highest BCUT2D eigenvalue weighted by Crippen LogP contribution is 2.26. The maximum absolute atomic E-state index is 11.9. The molecule has 0 N–H and O–H groups in total. The van der Waals surface area contributed by atoms with Crippen LogP contribution in [0.1, 0.15) is 5.69 Å². The first-order valence-electron chi connectivity index (χ1n) is 3.00. The van der Waals surface area contributed by atoms with Crippen molar-refractivity contribution in [3.63, 3.8) is 0 Å². The molecule has 0 aliphatic carbocycles. The van der Waals surface area contributed by atoms with Crippen LogP contribution < -0.4 is 0 Å². The van der Waals surface area contributed by atoms with E-state index in [0.29, 0.717) is 0 Å². The molecule has 2 nitrogen and oxygen atoms in total. The van der Waals surface area contributed by atoms with E-state index in [0.717, 1.165) is 10.9 Å². The second-order valence-electron chi connectivity index (χ2n) is 2.02. The lowest BCUT2D eigenvalue weighted by molar-refractivity contribution is -0.141. The van der Waals surface area contributed by atoms with Gasteiger partial charge in [0.25, 0.3) is 0 Å². The topological polar surface area (TPSA) is 17.8 Å². The Labute approximate surface area is 67.0 Å². The van der Waals surface area contributed by atoms with E-state index in [1.54, 1.807) is 0 Å². The maximum atomic E-state index is 11.9. The quantitative estimate of drug-likeness (QED) is 0.586. The zero-order valence-corrected chi connectivity index (χ0v) is 5.89. The SMILES string of the molecule is C#CCn1c[c]c(C(F)(F)F)n1. The second kappa shape index (κ2) is 2.89. The van der Waals surface area contributed by atoms with Crippen LogP contribution in [0.25, 0.3) is 0 Å². The summed E-state index contributed by atoms with van der Waals surface area (Å²) in [4.78, 5) is 0. The fourth-order valence-corrected chi connectivity index (χ4v) is 0.635. The summed E-state index contributed by atoms with van der Waals surface area (Å²) in [7, 11) is 0. The van der Waals surface area contributed by atoms with Crippen molar-refractivity contribution in [2.45, 2.75) is 12.7 Å². The van der Waals surface area contributed by atoms with Crippen LogP contribution in [0, 0.1) is 18.4 Å². The Morgan fingerprint density at radius 1 is 1.67 bits per heavy atom. The second-order valence-corrected chi connectivity index (χ2v) is 2.02. The van der Waals surface area contributed by atoms with Gasteiger partial charge in [-0.15, -0.1) is 6.42 Å². The van der Waals surface area contributed by atoms with Crippen LogP contribution in [-0.4, -0.2) is 9.78 Å². The van der Waals surface area contributed by atoms with Crippen LogP contribution >= 0.6 is 0 Å². The molecule has 1 radical (unpaired) electrons. The van der Waals surface area contributed by atoms with Gasteiger partial charge in [0.15, 0.2) is 5.69 Å². The Hall–Kier alpha value is -1.44. The zero-order chi connectivity index (χ0) is 9.19. The molecular formula is C7H4F3N2. The Bertz CT molecular complexity index is 305. The van der Waals surface area contributed by atoms with Crippen LogP contribution in [0.2, 0.25) is 0 Å². The number of rotatable bonds is 1. The number of aromatic nitrogens is 2. The minimum absolute atomic E-state index is 0.0204. The van der Waals surface area contributed by atoms with Gasteiger partial charge in [-0.25, -0.2) is 0 Å². The Morgan fingerprint density at radius 2 is 2.33 bits per heavy atom. The van der Waals surface area contributed by atoms with Gasteiger partial charge in [0.1, 0.15) is 6.54 Å². The van der Waals surface area contributed by atoms with Gasteiger partial charge in [-0.2, -0.15) is 18.3 Å². The van der Waals surface area contributed by atoms with Crippen molar-refractivity contribution in [1.29, 1.82) is 0 Å². The number of nitrogens with zero attached hydrogens (tertiary/aromatic N) is 2. The molecule has 12 heavy (non-hydrogen) atoms. The highest BCUT2D eigenvalue weighted by atomic mass is 19.4. The lowest BCUT2D eigenvalue weighted by Gasteiger charge is -1.99. The van der Waals surface area contributed by atoms with E-state index in [1.165, 1.54) is 0 Å². The zero-order valence-electron chi connectivity index (χ0n) is 5.89. The summed E-state index contributed by atoms with van der Waals surface area (Å²) in [5, 5.41) is 3.16. The molecule has 1 aromatic rings. The molecule has 63 valence electrons. The van der Waals surface area contributed by atoms with Crippen LogP contribution in [0.5, 0.6) is 0 Å². The van der Waals surface area contributed by atoms with Gasteiger partial charge in [-0.1, -0.05) is 5.92 Å². The number of hydrogen-bond acceptors (Lipinski definition) is 1. The first-order chi connectivity index (χ1) is 5.54. The highest BCUT2D eigenvalue weighted by molar-refractivity contribution is 5.02. The summed E-state index contributed by atoms with van der Waals surface area (Å²) >= 11 is 0. The van der Waals surface area contributed by atoms with E-state index in [2.05, 4.69) is 11.0 Å². The Balaban J connectivity index is 2.86. The van der Waals surface area contributed by atoms with E-state index < -0.39 is 11.9 Å². The molecule has 0 bridgehead atoms. The van der Waals surface area contributed by atoms with Crippen molar-refractivity contribution in [2.75, 3.05) is 0 Å². The minimum Gasteiger partial charge on any atom is -0.260 e.